The van der Waals surface area contributed by atoms with E-state index in [4.69, 9.17) is 5.73 Å². The van der Waals surface area contributed by atoms with Gasteiger partial charge in [-0.15, -0.1) is 0 Å². The van der Waals surface area contributed by atoms with E-state index < -0.39 is 5.91 Å². The number of amides is 1. The van der Waals surface area contributed by atoms with E-state index in [-0.39, 0.29) is 5.82 Å². The molecule has 54 valence electrons. The quantitative estimate of drug-likeness (QED) is 0.714. The highest BCUT2D eigenvalue weighted by molar-refractivity contribution is 9.10. The van der Waals surface area contributed by atoms with Gasteiger partial charge in [0.25, 0.3) is 5.91 Å². The van der Waals surface area contributed by atoms with Crippen molar-refractivity contribution in [2.45, 2.75) is 0 Å². The Morgan fingerprint density at radius 3 is 2.70 bits per heavy atom. The van der Waals surface area contributed by atoms with Crippen LogP contribution < -0.4 is 5.73 Å². The van der Waals surface area contributed by atoms with Gasteiger partial charge in [0.05, 0.1) is 6.20 Å². The van der Waals surface area contributed by atoms with Gasteiger partial charge in [0.2, 0.25) is 0 Å². The number of nitrogens with two attached hydrogens (primary N) is 1. The minimum Gasteiger partial charge on any atom is -0.363 e. The second-order valence-corrected chi connectivity index (χ2v) is 2.64. The molecule has 5 heteroatoms. The fourth-order valence-electron chi connectivity index (χ4n) is 0.618. The second-order valence-electron chi connectivity index (χ2n) is 1.83. The van der Waals surface area contributed by atoms with Crippen LogP contribution in [0.4, 0.5) is 0 Å². The third-order valence-electron chi connectivity index (χ3n) is 1.15. The van der Waals surface area contributed by atoms with Gasteiger partial charge in [-0.2, -0.15) is 0 Å². The van der Waals surface area contributed by atoms with E-state index in [0.717, 1.165) is 4.60 Å². The highest BCUT2D eigenvalue weighted by atomic mass is 79.9. The Morgan fingerprint density at radius 1 is 1.90 bits per heavy atom. The summed E-state index contributed by atoms with van der Waals surface area (Å²) in [5, 5.41) is 0. The second kappa shape index (κ2) is 2.42. The van der Waals surface area contributed by atoms with Crippen molar-refractivity contribution >= 4 is 21.8 Å². The zero-order chi connectivity index (χ0) is 7.72. The SMILES string of the molecule is Cn1c(Br)cnc1C(N)=O. The summed E-state index contributed by atoms with van der Waals surface area (Å²) in [6.45, 7) is 0. The fraction of sp³-hybridized carbons (Fsp3) is 0.200. The normalized spacial score (nSPS) is 9.80. The molecule has 0 unspecified atom stereocenters. The van der Waals surface area contributed by atoms with Gasteiger partial charge < -0.3 is 10.3 Å². The molecular weight excluding hydrogens is 198 g/mol. The Balaban J connectivity index is 3.17. The van der Waals surface area contributed by atoms with Gasteiger partial charge in [-0.1, -0.05) is 0 Å². The van der Waals surface area contributed by atoms with Gasteiger partial charge >= 0.3 is 0 Å². The number of imidazole rings is 1. The molecule has 1 heterocycles. The first-order chi connectivity index (χ1) is 4.63. The zero-order valence-corrected chi connectivity index (χ0v) is 6.92. The number of halogens is 1. The predicted octanol–water partition coefficient (Wildman–Crippen LogP) is 0.281. The van der Waals surface area contributed by atoms with Crippen molar-refractivity contribution < 1.29 is 4.79 Å². The molecule has 2 N–H and O–H groups in total. The molecule has 0 saturated carbocycles. The van der Waals surface area contributed by atoms with Crippen molar-refractivity contribution in [2.24, 2.45) is 12.8 Å². The van der Waals surface area contributed by atoms with Crippen LogP contribution in [0, 0.1) is 0 Å². The van der Waals surface area contributed by atoms with E-state index >= 15 is 0 Å². The lowest BCUT2D eigenvalue weighted by Gasteiger charge is -1.95. The summed E-state index contributed by atoms with van der Waals surface area (Å²) in [5.41, 5.74) is 4.98. The summed E-state index contributed by atoms with van der Waals surface area (Å²) < 4.78 is 2.31. The molecule has 10 heavy (non-hydrogen) atoms. The number of hydrogen-bond donors (Lipinski definition) is 1. The fourth-order valence-corrected chi connectivity index (χ4v) is 0.888. The van der Waals surface area contributed by atoms with Crippen molar-refractivity contribution in [1.82, 2.24) is 9.55 Å². The summed E-state index contributed by atoms with van der Waals surface area (Å²) >= 11 is 3.18. The Morgan fingerprint density at radius 2 is 2.50 bits per heavy atom. The molecule has 0 spiro atoms. The van der Waals surface area contributed by atoms with E-state index in [1.807, 2.05) is 0 Å². The molecule has 0 saturated heterocycles. The lowest BCUT2D eigenvalue weighted by atomic mass is 10.6. The largest absolute Gasteiger partial charge is 0.363 e. The van der Waals surface area contributed by atoms with Crippen LogP contribution in [-0.2, 0) is 7.05 Å². The summed E-state index contributed by atoms with van der Waals surface area (Å²) in [5.74, 6) is -0.264. The summed E-state index contributed by atoms with van der Waals surface area (Å²) in [7, 11) is 1.71. The van der Waals surface area contributed by atoms with E-state index in [1.54, 1.807) is 11.6 Å². The molecule has 1 aromatic heterocycles. The summed E-state index contributed by atoms with van der Waals surface area (Å²) in [4.78, 5) is 14.3. The molecule has 0 aliphatic heterocycles. The number of carbonyl (C=O) groups excluding carboxylic acids is 1. The molecule has 0 atom stereocenters. The van der Waals surface area contributed by atoms with Gasteiger partial charge in [0.1, 0.15) is 4.60 Å². The first kappa shape index (κ1) is 7.27. The molecule has 0 aliphatic rings. The standard InChI is InChI=1S/C5H6BrN3O/c1-9-3(6)2-8-5(9)4(7)10/h2H,1H3,(H2,7,10). The average molecular weight is 204 g/mol. The zero-order valence-electron chi connectivity index (χ0n) is 5.34. The molecule has 1 aromatic rings. The predicted molar refractivity (Wildman–Crippen MR) is 39.4 cm³/mol. The average Bonchev–Trinajstić information content (AvgIpc) is 2.14. The van der Waals surface area contributed by atoms with Crippen molar-refractivity contribution in [1.29, 1.82) is 0 Å². The van der Waals surface area contributed by atoms with Gasteiger partial charge in [0.15, 0.2) is 5.82 Å². The lowest BCUT2D eigenvalue weighted by molar-refractivity contribution is 0.0987. The van der Waals surface area contributed by atoms with Crippen LogP contribution in [0.5, 0.6) is 0 Å². The molecule has 1 amide bonds. The van der Waals surface area contributed by atoms with Crippen LogP contribution in [0.15, 0.2) is 10.8 Å². The summed E-state index contributed by atoms with van der Waals surface area (Å²) in [6.07, 6.45) is 1.53. The van der Waals surface area contributed by atoms with Crippen LogP contribution in [-0.4, -0.2) is 15.5 Å². The van der Waals surface area contributed by atoms with Crippen LogP contribution in [0.3, 0.4) is 0 Å². The number of aromatic nitrogens is 2. The number of carbonyl (C=O) groups is 1. The highest BCUT2D eigenvalue weighted by Crippen LogP contribution is 2.08. The number of primary amides is 1. The molecule has 0 aromatic carbocycles. The number of rotatable bonds is 1. The molecular formula is C5H6BrN3O. The van der Waals surface area contributed by atoms with Crippen LogP contribution >= 0.6 is 15.9 Å². The van der Waals surface area contributed by atoms with Crippen LogP contribution in [0.2, 0.25) is 0 Å². The molecule has 1 rings (SSSR count). The first-order valence-corrected chi connectivity index (χ1v) is 3.39. The van der Waals surface area contributed by atoms with Gasteiger partial charge in [-0.05, 0) is 15.9 Å². The Kier molecular flexibility index (Phi) is 1.76. The summed E-state index contributed by atoms with van der Waals surface area (Å²) in [6, 6.07) is 0. The van der Waals surface area contributed by atoms with E-state index in [9.17, 15) is 4.79 Å². The van der Waals surface area contributed by atoms with Gasteiger partial charge in [-0.25, -0.2) is 4.98 Å². The van der Waals surface area contributed by atoms with Crippen molar-refractivity contribution in [3.63, 3.8) is 0 Å². The minimum absolute atomic E-state index is 0.256. The van der Waals surface area contributed by atoms with Gasteiger partial charge in [-0.3, -0.25) is 4.79 Å². The monoisotopic (exact) mass is 203 g/mol. The maximum absolute atomic E-state index is 10.6. The first-order valence-electron chi connectivity index (χ1n) is 2.60. The number of hydrogen-bond acceptors (Lipinski definition) is 2. The molecule has 0 radical (unpaired) electrons. The minimum atomic E-state index is -0.520. The van der Waals surface area contributed by atoms with E-state index in [2.05, 4.69) is 20.9 Å². The Hall–Kier alpha value is -0.840. The highest BCUT2D eigenvalue weighted by Gasteiger charge is 2.07. The maximum Gasteiger partial charge on any atom is 0.284 e. The number of nitrogens with zero attached hydrogens (tertiary/aromatic N) is 2. The van der Waals surface area contributed by atoms with Crippen LogP contribution in [0.25, 0.3) is 0 Å². The topological polar surface area (TPSA) is 60.9 Å². The smallest absolute Gasteiger partial charge is 0.284 e. The van der Waals surface area contributed by atoms with E-state index in [1.165, 1.54) is 6.20 Å². The Labute approximate surface area is 66.2 Å². The van der Waals surface area contributed by atoms with Gasteiger partial charge in [0, 0.05) is 7.05 Å². The third kappa shape index (κ3) is 1.04. The van der Waals surface area contributed by atoms with Crippen LogP contribution in [0.1, 0.15) is 10.6 Å². The third-order valence-corrected chi connectivity index (χ3v) is 1.89. The lowest BCUT2D eigenvalue weighted by Crippen LogP contribution is -2.16. The molecule has 0 fully saturated rings. The Bertz CT molecular complexity index is 268. The van der Waals surface area contributed by atoms with Crippen molar-refractivity contribution in [3.8, 4) is 0 Å². The molecule has 0 aliphatic carbocycles. The molecule has 4 nitrogen and oxygen atoms in total. The molecule has 0 bridgehead atoms. The maximum atomic E-state index is 10.6. The van der Waals surface area contributed by atoms with E-state index in [0.29, 0.717) is 0 Å². The van der Waals surface area contributed by atoms with Crippen molar-refractivity contribution in [3.05, 3.63) is 16.6 Å². The van der Waals surface area contributed by atoms with Crippen molar-refractivity contribution in [2.75, 3.05) is 0 Å².